The molecule has 0 aromatic carbocycles. The van der Waals surface area contributed by atoms with Crippen LogP contribution in [-0.2, 0) is 4.79 Å². The molecule has 4 N–H and O–H groups in total. The number of hydrogen-bond acceptors (Lipinski definition) is 3. The summed E-state index contributed by atoms with van der Waals surface area (Å²) in [6.07, 6.45) is 3.25. The number of pyridine rings is 1. The molecule has 1 aromatic heterocycles. The Labute approximate surface area is 93.2 Å². The number of urea groups is 1. The molecule has 1 heterocycles. The first-order chi connectivity index (χ1) is 7.58. The van der Waals surface area contributed by atoms with Gasteiger partial charge in [-0.15, -0.1) is 0 Å². The van der Waals surface area contributed by atoms with Crippen molar-refractivity contribution in [3.05, 3.63) is 24.5 Å². The first kappa shape index (κ1) is 12.0. The number of amides is 3. The van der Waals surface area contributed by atoms with Gasteiger partial charge in [0.1, 0.15) is 0 Å². The molecule has 0 spiro atoms. The average molecular weight is 222 g/mol. The van der Waals surface area contributed by atoms with E-state index in [1.165, 1.54) is 6.20 Å². The number of anilines is 1. The molecule has 1 aromatic rings. The Morgan fingerprint density at radius 2 is 2.31 bits per heavy atom. The summed E-state index contributed by atoms with van der Waals surface area (Å²) in [6.45, 7) is 1.70. The Morgan fingerprint density at radius 3 is 2.88 bits per heavy atom. The standard InChI is InChI=1S/C10H14N4O2/c1-7(5-9(11)15)13-10(16)14-8-3-2-4-12-6-8/h2-4,6-7H,5H2,1H3,(H2,11,15)(H2,13,14,16)/t7-/m1/s1. The van der Waals surface area contributed by atoms with Gasteiger partial charge in [-0.05, 0) is 19.1 Å². The zero-order chi connectivity index (χ0) is 12.0. The number of aromatic nitrogens is 1. The summed E-state index contributed by atoms with van der Waals surface area (Å²) in [7, 11) is 0. The Hall–Kier alpha value is -2.11. The van der Waals surface area contributed by atoms with Gasteiger partial charge >= 0.3 is 6.03 Å². The maximum absolute atomic E-state index is 11.4. The van der Waals surface area contributed by atoms with Crippen LogP contribution in [0.5, 0.6) is 0 Å². The Bertz CT molecular complexity index is 366. The lowest BCUT2D eigenvalue weighted by Crippen LogP contribution is -2.38. The van der Waals surface area contributed by atoms with Crippen LogP contribution in [0.1, 0.15) is 13.3 Å². The van der Waals surface area contributed by atoms with Crippen LogP contribution in [0.15, 0.2) is 24.5 Å². The summed E-state index contributed by atoms with van der Waals surface area (Å²) in [5.41, 5.74) is 5.59. The average Bonchev–Trinajstić information content (AvgIpc) is 2.17. The minimum absolute atomic E-state index is 0.112. The molecule has 0 aliphatic rings. The molecule has 0 aliphatic carbocycles. The summed E-state index contributed by atoms with van der Waals surface area (Å²) in [5, 5.41) is 5.16. The van der Waals surface area contributed by atoms with Crippen molar-refractivity contribution in [1.82, 2.24) is 10.3 Å². The number of hydrogen-bond donors (Lipinski definition) is 3. The number of carbonyl (C=O) groups is 2. The fourth-order valence-electron chi connectivity index (χ4n) is 1.18. The largest absolute Gasteiger partial charge is 0.370 e. The number of carbonyl (C=O) groups excluding carboxylic acids is 2. The van der Waals surface area contributed by atoms with Crippen molar-refractivity contribution in [2.75, 3.05) is 5.32 Å². The van der Waals surface area contributed by atoms with E-state index in [0.29, 0.717) is 5.69 Å². The fraction of sp³-hybridized carbons (Fsp3) is 0.300. The minimum Gasteiger partial charge on any atom is -0.370 e. The molecule has 0 fully saturated rings. The predicted molar refractivity (Wildman–Crippen MR) is 59.7 cm³/mol. The van der Waals surface area contributed by atoms with Crippen molar-refractivity contribution in [3.8, 4) is 0 Å². The quantitative estimate of drug-likeness (QED) is 0.690. The number of nitrogens with two attached hydrogens (primary N) is 1. The van der Waals surface area contributed by atoms with Crippen molar-refractivity contribution in [2.24, 2.45) is 5.73 Å². The molecule has 0 aliphatic heterocycles. The summed E-state index contributed by atoms with van der Waals surface area (Å²) in [5.74, 6) is -0.450. The second-order valence-corrected chi connectivity index (χ2v) is 3.41. The highest BCUT2D eigenvalue weighted by molar-refractivity contribution is 5.89. The molecule has 6 heteroatoms. The lowest BCUT2D eigenvalue weighted by atomic mass is 10.2. The molecule has 6 nitrogen and oxygen atoms in total. The highest BCUT2D eigenvalue weighted by atomic mass is 16.2. The van der Waals surface area contributed by atoms with E-state index in [9.17, 15) is 9.59 Å². The molecule has 1 atom stereocenters. The molecular weight excluding hydrogens is 208 g/mol. The number of nitrogens with zero attached hydrogens (tertiary/aromatic N) is 1. The molecule has 86 valence electrons. The van der Waals surface area contributed by atoms with Gasteiger partial charge in [-0.2, -0.15) is 0 Å². The van der Waals surface area contributed by atoms with E-state index >= 15 is 0 Å². The van der Waals surface area contributed by atoms with Gasteiger partial charge < -0.3 is 16.4 Å². The van der Waals surface area contributed by atoms with E-state index in [0.717, 1.165) is 0 Å². The van der Waals surface area contributed by atoms with Crippen molar-refractivity contribution >= 4 is 17.6 Å². The van der Waals surface area contributed by atoms with Gasteiger partial charge in [-0.3, -0.25) is 9.78 Å². The van der Waals surface area contributed by atoms with Crippen molar-refractivity contribution in [2.45, 2.75) is 19.4 Å². The molecule has 0 radical (unpaired) electrons. The molecule has 1 rings (SSSR count). The van der Waals surface area contributed by atoms with E-state index in [4.69, 9.17) is 5.73 Å². The first-order valence-electron chi connectivity index (χ1n) is 4.84. The SMILES string of the molecule is C[C@H](CC(N)=O)NC(=O)Nc1cccnc1. The Balaban J connectivity index is 2.39. The smallest absolute Gasteiger partial charge is 0.319 e. The van der Waals surface area contributed by atoms with Gasteiger partial charge in [0.05, 0.1) is 11.9 Å². The molecule has 3 amide bonds. The maximum atomic E-state index is 11.4. The third-order valence-electron chi connectivity index (χ3n) is 1.80. The van der Waals surface area contributed by atoms with Gasteiger partial charge in [0.15, 0.2) is 0 Å². The minimum atomic E-state index is -0.450. The lowest BCUT2D eigenvalue weighted by Gasteiger charge is -2.12. The molecule has 0 bridgehead atoms. The Kier molecular flexibility index (Phi) is 4.26. The van der Waals surface area contributed by atoms with Crippen LogP contribution in [0.2, 0.25) is 0 Å². The lowest BCUT2D eigenvalue weighted by molar-refractivity contribution is -0.118. The van der Waals surface area contributed by atoms with Crippen LogP contribution >= 0.6 is 0 Å². The number of rotatable bonds is 4. The van der Waals surface area contributed by atoms with Crippen LogP contribution in [0, 0.1) is 0 Å². The highest BCUT2D eigenvalue weighted by Gasteiger charge is 2.09. The van der Waals surface area contributed by atoms with Gasteiger partial charge in [-0.25, -0.2) is 4.79 Å². The van der Waals surface area contributed by atoms with E-state index in [1.807, 2.05) is 0 Å². The van der Waals surface area contributed by atoms with Crippen LogP contribution in [0.3, 0.4) is 0 Å². The molecule has 0 unspecified atom stereocenters. The van der Waals surface area contributed by atoms with E-state index < -0.39 is 5.91 Å². The second-order valence-electron chi connectivity index (χ2n) is 3.41. The van der Waals surface area contributed by atoms with Crippen LogP contribution in [0.25, 0.3) is 0 Å². The number of nitrogens with one attached hydrogen (secondary N) is 2. The normalized spacial score (nSPS) is 11.6. The van der Waals surface area contributed by atoms with Gasteiger partial charge in [-0.1, -0.05) is 0 Å². The third kappa shape index (κ3) is 4.41. The summed E-state index contributed by atoms with van der Waals surface area (Å²) in [4.78, 5) is 25.8. The van der Waals surface area contributed by atoms with Gasteiger partial charge in [0.2, 0.25) is 5.91 Å². The van der Waals surface area contributed by atoms with Crippen molar-refractivity contribution < 1.29 is 9.59 Å². The van der Waals surface area contributed by atoms with Crippen molar-refractivity contribution in [1.29, 1.82) is 0 Å². The van der Waals surface area contributed by atoms with E-state index in [2.05, 4.69) is 15.6 Å². The zero-order valence-electron chi connectivity index (χ0n) is 8.93. The molecule has 0 saturated heterocycles. The summed E-state index contributed by atoms with van der Waals surface area (Å²) in [6, 6.07) is 2.74. The maximum Gasteiger partial charge on any atom is 0.319 e. The molecular formula is C10H14N4O2. The fourth-order valence-corrected chi connectivity index (χ4v) is 1.18. The summed E-state index contributed by atoms with van der Waals surface area (Å²) < 4.78 is 0. The first-order valence-corrected chi connectivity index (χ1v) is 4.84. The molecule has 16 heavy (non-hydrogen) atoms. The van der Waals surface area contributed by atoms with Gasteiger partial charge in [0.25, 0.3) is 0 Å². The van der Waals surface area contributed by atoms with Crippen molar-refractivity contribution in [3.63, 3.8) is 0 Å². The summed E-state index contributed by atoms with van der Waals surface area (Å²) >= 11 is 0. The second kappa shape index (κ2) is 5.69. The van der Waals surface area contributed by atoms with E-state index in [-0.39, 0.29) is 18.5 Å². The number of primary amides is 1. The van der Waals surface area contributed by atoms with Crippen LogP contribution in [0.4, 0.5) is 10.5 Å². The monoisotopic (exact) mass is 222 g/mol. The van der Waals surface area contributed by atoms with Crippen LogP contribution in [-0.4, -0.2) is 23.0 Å². The Morgan fingerprint density at radius 1 is 1.56 bits per heavy atom. The van der Waals surface area contributed by atoms with E-state index in [1.54, 1.807) is 25.3 Å². The molecule has 0 saturated carbocycles. The van der Waals surface area contributed by atoms with Crippen LogP contribution < -0.4 is 16.4 Å². The van der Waals surface area contributed by atoms with Gasteiger partial charge in [0, 0.05) is 18.7 Å². The zero-order valence-corrected chi connectivity index (χ0v) is 8.93. The topological polar surface area (TPSA) is 97.1 Å². The highest BCUT2D eigenvalue weighted by Crippen LogP contribution is 2.02. The predicted octanol–water partition coefficient (Wildman–Crippen LogP) is 0.467. The third-order valence-corrected chi connectivity index (χ3v) is 1.80.